The van der Waals surface area contributed by atoms with Crippen molar-refractivity contribution in [3.05, 3.63) is 18.1 Å². The Morgan fingerprint density at radius 1 is 1.47 bits per heavy atom. The predicted octanol–water partition coefficient (Wildman–Crippen LogP) is 0.360. The van der Waals surface area contributed by atoms with Crippen LogP contribution >= 0.6 is 0 Å². The molecule has 2 aromatic heterocycles. The molecule has 0 amide bonds. The Morgan fingerprint density at radius 2 is 2.35 bits per heavy atom. The van der Waals surface area contributed by atoms with Gasteiger partial charge in [0.1, 0.15) is 12.1 Å². The largest absolute Gasteiger partial charge is 0.355 e. The van der Waals surface area contributed by atoms with Crippen molar-refractivity contribution in [2.45, 2.75) is 25.8 Å². The van der Waals surface area contributed by atoms with E-state index in [1.165, 1.54) is 6.33 Å². The van der Waals surface area contributed by atoms with Gasteiger partial charge in [-0.15, -0.1) is 0 Å². The highest BCUT2D eigenvalue weighted by molar-refractivity contribution is 5.47. The van der Waals surface area contributed by atoms with Gasteiger partial charge in [-0.2, -0.15) is 14.6 Å². The van der Waals surface area contributed by atoms with Crippen LogP contribution in [-0.4, -0.2) is 38.7 Å². The zero-order chi connectivity index (χ0) is 11.8. The van der Waals surface area contributed by atoms with E-state index in [1.54, 1.807) is 4.52 Å². The fourth-order valence-corrected chi connectivity index (χ4v) is 2.35. The van der Waals surface area contributed by atoms with Crippen molar-refractivity contribution >= 4 is 11.6 Å². The summed E-state index contributed by atoms with van der Waals surface area (Å²) >= 11 is 0. The van der Waals surface area contributed by atoms with E-state index in [0.29, 0.717) is 5.78 Å². The molecule has 0 unspecified atom stereocenters. The van der Waals surface area contributed by atoms with Crippen LogP contribution in [0.25, 0.3) is 5.78 Å². The summed E-state index contributed by atoms with van der Waals surface area (Å²) < 4.78 is 1.78. The van der Waals surface area contributed by atoms with Crippen LogP contribution in [0.3, 0.4) is 0 Å². The average Bonchev–Trinajstić information content (AvgIpc) is 2.75. The van der Waals surface area contributed by atoms with Gasteiger partial charge in [-0.25, -0.2) is 4.98 Å². The van der Waals surface area contributed by atoms with Gasteiger partial charge in [0.05, 0.1) is 0 Å². The molecular formula is C11H16N6. The Bertz CT molecular complexity index is 534. The SMILES string of the molecule is Cc1cc(N2CCC[C@@H](N)C2)n2ncnc2n1. The van der Waals surface area contributed by atoms with E-state index in [9.17, 15) is 0 Å². The summed E-state index contributed by atoms with van der Waals surface area (Å²) in [7, 11) is 0. The van der Waals surface area contributed by atoms with Crippen molar-refractivity contribution in [1.82, 2.24) is 19.6 Å². The molecule has 1 aliphatic heterocycles. The lowest BCUT2D eigenvalue weighted by Gasteiger charge is -2.32. The molecule has 17 heavy (non-hydrogen) atoms. The van der Waals surface area contributed by atoms with Crippen LogP contribution in [-0.2, 0) is 0 Å². The third kappa shape index (κ3) is 1.84. The molecule has 1 saturated heterocycles. The highest BCUT2D eigenvalue weighted by Crippen LogP contribution is 2.20. The lowest BCUT2D eigenvalue weighted by atomic mass is 10.1. The first-order valence-corrected chi connectivity index (χ1v) is 5.92. The van der Waals surface area contributed by atoms with Crippen LogP contribution in [0.5, 0.6) is 0 Å². The van der Waals surface area contributed by atoms with E-state index < -0.39 is 0 Å². The molecule has 0 saturated carbocycles. The molecule has 1 aliphatic rings. The fraction of sp³-hybridized carbons (Fsp3) is 0.545. The van der Waals surface area contributed by atoms with Gasteiger partial charge in [0.15, 0.2) is 0 Å². The van der Waals surface area contributed by atoms with Crippen LogP contribution < -0.4 is 10.6 Å². The van der Waals surface area contributed by atoms with Crippen molar-refractivity contribution in [1.29, 1.82) is 0 Å². The molecule has 0 radical (unpaired) electrons. The highest BCUT2D eigenvalue weighted by Gasteiger charge is 2.20. The molecule has 90 valence electrons. The molecule has 2 N–H and O–H groups in total. The minimum absolute atomic E-state index is 0.246. The maximum absolute atomic E-state index is 6.02. The minimum Gasteiger partial charge on any atom is -0.355 e. The van der Waals surface area contributed by atoms with E-state index in [4.69, 9.17) is 5.73 Å². The van der Waals surface area contributed by atoms with Crippen LogP contribution in [0, 0.1) is 6.92 Å². The first kappa shape index (κ1) is 10.5. The second-order valence-electron chi connectivity index (χ2n) is 4.58. The summed E-state index contributed by atoms with van der Waals surface area (Å²) in [6.07, 6.45) is 3.76. The summed E-state index contributed by atoms with van der Waals surface area (Å²) in [5, 5.41) is 4.22. The molecule has 0 aliphatic carbocycles. The number of fused-ring (bicyclic) bond motifs is 1. The Kier molecular flexibility index (Phi) is 2.44. The highest BCUT2D eigenvalue weighted by atomic mass is 15.4. The molecule has 6 heteroatoms. The van der Waals surface area contributed by atoms with Gasteiger partial charge < -0.3 is 10.6 Å². The number of hydrogen-bond donors (Lipinski definition) is 1. The van der Waals surface area contributed by atoms with E-state index in [-0.39, 0.29) is 6.04 Å². The van der Waals surface area contributed by atoms with Crippen LogP contribution in [0.1, 0.15) is 18.5 Å². The Hall–Kier alpha value is -1.69. The summed E-state index contributed by atoms with van der Waals surface area (Å²) in [6, 6.07) is 2.29. The molecule has 3 rings (SSSR count). The Balaban J connectivity index is 2.06. The number of aryl methyl sites for hydroxylation is 1. The summed E-state index contributed by atoms with van der Waals surface area (Å²) in [5.41, 5.74) is 6.98. The van der Waals surface area contributed by atoms with E-state index in [1.807, 2.05) is 13.0 Å². The average molecular weight is 232 g/mol. The van der Waals surface area contributed by atoms with Crippen molar-refractivity contribution < 1.29 is 0 Å². The zero-order valence-corrected chi connectivity index (χ0v) is 9.87. The Labute approximate surface area is 99.5 Å². The topological polar surface area (TPSA) is 72.3 Å². The van der Waals surface area contributed by atoms with Crippen LogP contribution in [0.2, 0.25) is 0 Å². The van der Waals surface area contributed by atoms with Gasteiger partial charge in [0, 0.05) is 30.9 Å². The predicted molar refractivity (Wildman–Crippen MR) is 64.9 cm³/mol. The third-order valence-electron chi connectivity index (χ3n) is 3.14. The molecule has 6 nitrogen and oxygen atoms in total. The second kappa shape index (κ2) is 3.96. The van der Waals surface area contributed by atoms with Gasteiger partial charge in [0.2, 0.25) is 0 Å². The molecule has 3 heterocycles. The number of nitrogens with zero attached hydrogens (tertiary/aromatic N) is 5. The van der Waals surface area contributed by atoms with Crippen molar-refractivity contribution in [2.75, 3.05) is 18.0 Å². The summed E-state index contributed by atoms with van der Waals surface area (Å²) in [5.74, 6) is 1.69. The number of nitrogens with two attached hydrogens (primary N) is 1. The van der Waals surface area contributed by atoms with Gasteiger partial charge in [-0.1, -0.05) is 0 Å². The molecule has 0 spiro atoms. The molecule has 1 fully saturated rings. The molecule has 1 atom stereocenters. The van der Waals surface area contributed by atoms with Crippen LogP contribution in [0.4, 0.5) is 5.82 Å². The first-order chi connectivity index (χ1) is 8.24. The zero-order valence-electron chi connectivity index (χ0n) is 9.87. The number of anilines is 1. The fourth-order valence-electron chi connectivity index (χ4n) is 2.35. The van der Waals surface area contributed by atoms with E-state index in [0.717, 1.165) is 37.4 Å². The number of hydrogen-bond acceptors (Lipinski definition) is 5. The summed E-state index contributed by atoms with van der Waals surface area (Å²) in [6.45, 7) is 3.87. The number of aromatic nitrogens is 4. The van der Waals surface area contributed by atoms with Gasteiger partial charge in [-0.05, 0) is 19.8 Å². The van der Waals surface area contributed by atoms with Crippen molar-refractivity contribution in [2.24, 2.45) is 5.73 Å². The molecule has 0 aromatic carbocycles. The molecule has 2 aromatic rings. The quantitative estimate of drug-likeness (QED) is 0.768. The normalized spacial score (nSPS) is 21.1. The third-order valence-corrected chi connectivity index (χ3v) is 3.14. The summed E-state index contributed by atoms with van der Waals surface area (Å²) in [4.78, 5) is 10.7. The van der Waals surface area contributed by atoms with Crippen LogP contribution in [0.15, 0.2) is 12.4 Å². The van der Waals surface area contributed by atoms with E-state index in [2.05, 4.69) is 20.0 Å². The monoisotopic (exact) mass is 232 g/mol. The van der Waals surface area contributed by atoms with Crippen molar-refractivity contribution in [3.8, 4) is 0 Å². The molecular weight excluding hydrogens is 216 g/mol. The van der Waals surface area contributed by atoms with Gasteiger partial charge in [0.25, 0.3) is 5.78 Å². The van der Waals surface area contributed by atoms with Crippen molar-refractivity contribution in [3.63, 3.8) is 0 Å². The van der Waals surface area contributed by atoms with Gasteiger partial charge >= 0.3 is 0 Å². The second-order valence-corrected chi connectivity index (χ2v) is 4.58. The Morgan fingerprint density at radius 3 is 3.18 bits per heavy atom. The van der Waals surface area contributed by atoms with Gasteiger partial charge in [-0.3, -0.25) is 0 Å². The standard InChI is InChI=1S/C11H16N6/c1-8-5-10(16-4-2-3-9(12)6-16)17-11(15-8)13-7-14-17/h5,7,9H,2-4,6,12H2,1H3/t9-/m1/s1. The minimum atomic E-state index is 0.246. The number of rotatable bonds is 1. The first-order valence-electron chi connectivity index (χ1n) is 5.92. The molecule has 0 bridgehead atoms. The maximum Gasteiger partial charge on any atom is 0.254 e. The number of piperidine rings is 1. The van der Waals surface area contributed by atoms with E-state index >= 15 is 0 Å². The lowest BCUT2D eigenvalue weighted by Crippen LogP contribution is -2.43. The smallest absolute Gasteiger partial charge is 0.254 e. The maximum atomic E-state index is 6.02. The lowest BCUT2D eigenvalue weighted by molar-refractivity contribution is 0.500.